The zero-order valence-corrected chi connectivity index (χ0v) is 13.9. The van der Waals surface area contributed by atoms with E-state index in [0.29, 0.717) is 17.9 Å². The third-order valence-electron chi connectivity index (χ3n) is 4.52. The van der Waals surface area contributed by atoms with Crippen LogP contribution in [0.3, 0.4) is 0 Å². The highest BCUT2D eigenvalue weighted by atomic mass is 16.2. The molecule has 1 aliphatic rings. The van der Waals surface area contributed by atoms with Crippen LogP contribution >= 0.6 is 0 Å². The fourth-order valence-corrected chi connectivity index (χ4v) is 2.93. The summed E-state index contributed by atoms with van der Waals surface area (Å²) >= 11 is 0. The minimum absolute atomic E-state index is 0.167. The van der Waals surface area contributed by atoms with Gasteiger partial charge in [0, 0.05) is 30.7 Å². The van der Waals surface area contributed by atoms with Crippen molar-refractivity contribution in [1.29, 1.82) is 0 Å². The maximum atomic E-state index is 12.9. The second-order valence-corrected chi connectivity index (χ2v) is 6.89. The number of carbonyl (C=O) groups is 1. The molecule has 2 rings (SSSR count). The zero-order valence-electron chi connectivity index (χ0n) is 13.9. The zero-order chi connectivity index (χ0) is 15.6. The smallest absolute Gasteiger partial charge is 0.254 e. The second kappa shape index (κ2) is 6.61. The van der Waals surface area contributed by atoms with Crippen LogP contribution < -0.4 is 5.32 Å². The lowest BCUT2D eigenvalue weighted by molar-refractivity contribution is 0.0475. The van der Waals surface area contributed by atoms with Gasteiger partial charge in [0.1, 0.15) is 0 Å². The van der Waals surface area contributed by atoms with Gasteiger partial charge in [-0.3, -0.25) is 4.79 Å². The van der Waals surface area contributed by atoms with Crippen LogP contribution in [0.4, 0.5) is 0 Å². The van der Waals surface area contributed by atoms with Crippen LogP contribution in [0.2, 0.25) is 0 Å². The molecule has 1 heterocycles. The fraction of sp³-hybridized carbons (Fsp3) is 0.611. The van der Waals surface area contributed by atoms with E-state index in [-0.39, 0.29) is 11.9 Å². The molecular formula is C18H28N2O. The van der Waals surface area contributed by atoms with Crippen LogP contribution in [0, 0.1) is 18.8 Å². The molecule has 2 atom stereocenters. The number of hydrogen-bond acceptors (Lipinski definition) is 2. The van der Waals surface area contributed by atoms with Crippen LogP contribution in [0.15, 0.2) is 24.3 Å². The van der Waals surface area contributed by atoms with E-state index in [4.69, 9.17) is 0 Å². The third-order valence-corrected chi connectivity index (χ3v) is 4.52. The first-order valence-electron chi connectivity index (χ1n) is 8.01. The maximum Gasteiger partial charge on any atom is 0.254 e. The molecule has 0 aliphatic carbocycles. The van der Waals surface area contributed by atoms with Crippen molar-refractivity contribution in [1.82, 2.24) is 10.2 Å². The Morgan fingerprint density at radius 3 is 2.29 bits per heavy atom. The molecule has 1 saturated heterocycles. The van der Waals surface area contributed by atoms with E-state index in [2.05, 4.69) is 37.9 Å². The van der Waals surface area contributed by atoms with Crippen molar-refractivity contribution in [2.75, 3.05) is 13.1 Å². The van der Waals surface area contributed by atoms with Gasteiger partial charge in [-0.15, -0.1) is 0 Å². The van der Waals surface area contributed by atoms with Gasteiger partial charge in [-0.05, 0) is 30.9 Å². The molecule has 1 amide bonds. The van der Waals surface area contributed by atoms with E-state index in [1.165, 1.54) is 5.56 Å². The number of rotatable bonds is 3. The molecule has 116 valence electrons. The Bertz CT molecular complexity index is 478. The SMILES string of the molecule is Cc1ccc(C(=O)N2CC(C(C)C)NCC2C(C)C)cc1. The number of hydrogen-bond donors (Lipinski definition) is 1. The van der Waals surface area contributed by atoms with E-state index < -0.39 is 0 Å². The highest BCUT2D eigenvalue weighted by Gasteiger charge is 2.34. The number of amides is 1. The van der Waals surface area contributed by atoms with Crippen molar-refractivity contribution in [3.05, 3.63) is 35.4 Å². The summed E-state index contributed by atoms with van der Waals surface area (Å²) in [5.74, 6) is 1.16. The number of nitrogens with zero attached hydrogens (tertiary/aromatic N) is 1. The first-order valence-corrected chi connectivity index (χ1v) is 8.01. The van der Waals surface area contributed by atoms with Gasteiger partial charge in [-0.25, -0.2) is 0 Å². The molecule has 0 bridgehead atoms. The van der Waals surface area contributed by atoms with Crippen molar-refractivity contribution < 1.29 is 4.79 Å². The summed E-state index contributed by atoms with van der Waals surface area (Å²) < 4.78 is 0. The quantitative estimate of drug-likeness (QED) is 0.927. The highest BCUT2D eigenvalue weighted by molar-refractivity contribution is 5.94. The van der Waals surface area contributed by atoms with Crippen LogP contribution in [0.25, 0.3) is 0 Å². The Hall–Kier alpha value is -1.35. The Labute approximate surface area is 128 Å². The molecule has 1 aliphatic heterocycles. The topological polar surface area (TPSA) is 32.3 Å². The van der Waals surface area contributed by atoms with Gasteiger partial charge >= 0.3 is 0 Å². The molecule has 0 aromatic heterocycles. The van der Waals surface area contributed by atoms with Gasteiger partial charge in [0.25, 0.3) is 5.91 Å². The minimum Gasteiger partial charge on any atom is -0.333 e. The van der Waals surface area contributed by atoms with E-state index in [1.807, 2.05) is 31.2 Å². The molecule has 1 aromatic rings. The Kier molecular flexibility index (Phi) is 5.04. The first-order chi connectivity index (χ1) is 9.90. The normalized spacial score (nSPS) is 22.9. The number of nitrogens with one attached hydrogen (secondary N) is 1. The van der Waals surface area contributed by atoms with Gasteiger partial charge in [0.05, 0.1) is 0 Å². The molecule has 3 heteroatoms. The number of aryl methyl sites for hydroxylation is 1. The predicted molar refractivity (Wildman–Crippen MR) is 87.5 cm³/mol. The van der Waals surface area contributed by atoms with Gasteiger partial charge in [-0.2, -0.15) is 0 Å². The largest absolute Gasteiger partial charge is 0.333 e. The van der Waals surface area contributed by atoms with Crippen LogP contribution in [-0.4, -0.2) is 36.0 Å². The van der Waals surface area contributed by atoms with E-state index in [0.717, 1.165) is 18.7 Å². The summed E-state index contributed by atoms with van der Waals surface area (Å²) in [5, 5.41) is 3.60. The number of piperazine rings is 1. The molecule has 2 unspecified atom stereocenters. The predicted octanol–water partition coefficient (Wildman–Crippen LogP) is 3.09. The molecule has 1 fully saturated rings. The molecule has 0 spiro atoms. The lowest BCUT2D eigenvalue weighted by Gasteiger charge is -2.43. The highest BCUT2D eigenvalue weighted by Crippen LogP contribution is 2.21. The summed E-state index contributed by atoms with van der Waals surface area (Å²) in [6.45, 7) is 12.5. The van der Waals surface area contributed by atoms with Gasteiger partial charge in [0.2, 0.25) is 0 Å². The van der Waals surface area contributed by atoms with Crippen molar-refractivity contribution in [2.45, 2.75) is 46.7 Å². The van der Waals surface area contributed by atoms with Crippen molar-refractivity contribution >= 4 is 5.91 Å². The number of benzene rings is 1. The van der Waals surface area contributed by atoms with Gasteiger partial charge in [-0.1, -0.05) is 45.4 Å². The Morgan fingerprint density at radius 2 is 1.76 bits per heavy atom. The van der Waals surface area contributed by atoms with Crippen LogP contribution in [-0.2, 0) is 0 Å². The third kappa shape index (κ3) is 3.65. The summed E-state index contributed by atoms with van der Waals surface area (Å²) in [6, 6.07) is 8.57. The molecular weight excluding hydrogens is 260 g/mol. The summed E-state index contributed by atoms with van der Waals surface area (Å²) in [4.78, 5) is 15.0. The molecule has 1 N–H and O–H groups in total. The second-order valence-electron chi connectivity index (χ2n) is 6.89. The van der Waals surface area contributed by atoms with E-state index in [1.54, 1.807) is 0 Å². The van der Waals surface area contributed by atoms with Gasteiger partial charge < -0.3 is 10.2 Å². The van der Waals surface area contributed by atoms with E-state index >= 15 is 0 Å². The Morgan fingerprint density at radius 1 is 1.14 bits per heavy atom. The molecule has 0 radical (unpaired) electrons. The van der Waals surface area contributed by atoms with Crippen molar-refractivity contribution in [3.63, 3.8) is 0 Å². The van der Waals surface area contributed by atoms with Gasteiger partial charge in [0.15, 0.2) is 0 Å². The standard InChI is InChI=1S/C18H28N2O/c1-12(2)16-11-20(17(10-19-16)13(3)4)18(21)15-8-6-14(5)7-9-15/h6-9,12-13,16-17,19H,10-11H2,1-5H3. The molecule has 0 saturated carbocycles. The number of carbonyl (C=O) groups excluding carboxylic acids is 1. The average molecular weight is 288 g/mol. The maximum absolute atomic E-state index is 12.9. The summed E-state index contributed by atoms with van der Waals surface area (Å²) in [7, 11) is 0. The summed E-state index contributed by atoms with van der Waals surface area (Å²) in [5.41, 5.74) is 1.99. The fourth-order valence-electron chi connectivity index (χ4n) is 2.93. The van der Waals surface area contributed by atoms with Crippen LogP contribution in [0.5, 0.6) is 0 Å². The minimum atomic E-state index is 0.167. The molecule has 3 nitrogen and oxygen atoms in total. The van der Waals surface area contributed by atoms with Crippen LogP contribution in [0.1, 0.15) is 43.6 Å². The van der Waals surface area contributed by atoms with E-state index in [9.17, 15) is 4.79 Å². The summed E-state index contributed by atoms with van der Waals surface area (Å²) in [6.07, 6.45) is 0. The molecule has 21 heavy (non-hydrogen) atoms. The lowest BCUT2D eigenvalue weighted by atomic mass is 9.93. The average Bonchev–Trinajstić information content (AvgIpc) is 2.46. The van der Waals surface area contributed by atoms with Crippen molar-refractivity contribution in [3.8, 4) is 0 Å². The lowest BCUT2D eigenvalue weighted by Crippen LogP contribution is -2.61. The molecule has 1 aromatic carbocycles. The van der Waals surface area contributed by atoms with Crippen molar-refractivity contribution in [2.24, 2.45) is 11.8 Å². The monoisotopic (exact) mass is 288 g/mol. The first kappa shape index (κ1) is 16.0. The Balaban J connectivity index is 2.22.